The molecular formula is C13H12ClN2O3. The lowest BCUT2D eigenvalue weighted by Crippen LogP contribution is -2.46. The Morgan fingerprint density at radius 3 is 2.58 bits per heavy atom. The summed E-state index contributed by atoms with van der Waals surface area (Å²) >= 11 is 5.31. The third kappa shape index (κ3) is 5.35. The molecule has 1 aromatic rings. The molecule has 5 nitrogen and oxygen atoms in total. The maximum absolute atomic E-state index is 11.8. The second-order valence-corrected chi connectivity index (χ2v) is 3.75. The monoisotopic (exact) mass is 279 g/mol. The van der Waals surface area contributed by atoms with Crippen molar-refractivity contribution in [2.75, 3.05) is 12.4 Å². The molecule has 99 valence electrons. The molecule has 19 heavy (non-hydrogen) atoms. The highest BCUT2D eigenvalue weighted by Crippen LogP contribution is 2.01. The van der Waals surface area contributed by atoms with E-state index in [1.807, 2.05) is 30.3 Å². The predicted octanol–water partition coefficient (Wildman–Crippen LogP) is 0.908. The van der Waals surface area contributed by atoms with Crippen molar-refractivity contribution in [1.29, 1.82) is 0 Å². The average molecular weight is 280 g/mol. The van der Waals surface area contributed by atoms with Gasteiger partial charge in [0.05, 0.1) is 0 Å². The van der Waals surface area contributed by atoms with E-state index in [1.54, 1.807) is 6.08 Å². The zero-order valence-corrected chi connectivity index (χ0v) is 10.8. The van der Waals surface area contributed by atoms with Crippen LogP contribution in [0.25, 0.3) is 6.08 Å². The molecule has 1 aromatic carbocycles. The van der Waals surface area contributed by atoms with Crippen LogP contribution in [0.15, 0.2) is 36.4 Å². The Balaban J connectivity index is 2.69. The van der Waals surface area contributed by atoms with Gasteiger partial charge in [-0.1, -0.05) is 30.3 Å². The summed E-state index contributed by atoms with van der Waals surface area (Å²) in [7, 11) is 0. The normalized spacial score (nSPS) is 10.2. The highest BCUT2D eigenvalue weighted by atomic mass is 35.5. The Hall–Kier alpha value is -2.14. The highest BCUT2D eigenvalue weighted by molar-refractivity contribution is 6.27. The molecule has 1 rings (SSSR count). The van der Waals surface area contributed by atoms with Crippen LogP contribution >= 0.6 is 11.6 Å². The van der Waals surface area contributed by atoms with Crippen molar-refractivity contribution in [3.8, 4) is 0 Å². The van der Waals surface area contributed by atoms with Gasteiger partial charge in [-0.2, -0.15) is 0 Å². The molecule has 0 aromatic heterocycles. The Labute approximate surface area is 115 Å². The predicted molar refractivity (Wildman–Crippen MR) is 71.7 cm³/mol. The summed E-state index contributed by atoms with van der Waals surface area (Å²) in [6.45, 7) is -0.361. The van der Waals surface area contributed by atoms with Gasteiger partial charge in [-0.05, 0) is 11.6 Å². The van der Waals surface area contributed by atoms with E-state index in [4.69, 9.17) is 11.6 Å². The molecule has 6 heteroatoms. The van der Waals surface area contributed by atoms with E-state index >= 15 is 0 Å². The van der Waals surface area contributed by atoms with Crippen molar-refractivity contribution < 1.29 is 14.4 Å². The third-order valence-electron chi connectivity index (χ3n) is 2.09. The van der Waals surface area contributed by atoms with Crippen molar-refractivity contribution in [2.24, 2.45) is 0 Å². The fourth-order valence-corrected chi connectivity index (χ4v) is 1.30. The Kier molecular flexibility index (Phi) is 6.32. The van der Waals surface area contributed by atoms with E-state index in [9.17, 15) is 14.4 Å². The highest BCUT2D eigenvalue weighted by Gasteiger charge is 2.12. The minimum Gasteiger partial charge on any atom is -0.289 e. The molecule has 1 N–H and O–H groups in total. The summed E-state index contributed by atoms with van der Waals surface area (Å²) in [5.41, 5.74) is 3.03. The first-order valence-electron chi connectivity index (χ1n) is 5.42. The summed E-state index contributed by atoms with van der Waals surface area (Å²) in [6.07, 6.45) is 4.37. The second-order valence-electron chi connectivity index (χ2n) is 3.48. The lowest BCUT2D eigenvalue weighted by molar-refractivity contribution is -0.135. The number of amides is 2. The summed E-state index contributed by atoms with van der Waals surface area (Å²) in [4.78, 5) is 33.2. The number of carbonyl (C=O) groups is 2. The standard InChI is InChI=1S/C13H12ClN2O3/c14-10-12(18)15-16(8-9-17)13(19)7-6-11-4-2-1-3-5-11/h1-7H,8,10H2,(H,15,18). The van der Waals surface area contributed by atoms with Crippen LogP contribution in [0, 0.1) is 0 Å². The first kappa shape index (κ1) is 14.9. The molecule has 0 fully saturated rings. The van der Waals surface area contributed by atoms with Gasteiger partial charge < -0.3 is 0 Å². The van der Waals surface area contributed by atoms with Crippen LogP contribution in [0.1, 0.15) is 5.56 Å². The number of hydrogen-bond acceptors (Lipinski definition) is 3. The van der Waals surface area contributed by atoms with Crippen LogP contribution in [0.5, 0.6) is 0 Å². The van der Waals surface area contributed by atoms with Crippen LogP contribution < -0.4 is 5.43 Å². The molecular weight excluding hydrogens is 268 g/mol. The quantitative estimate of drug-likeness (QED) is 0.495. The number of hydrogen-bond donors (Lipinski definition) is 1. The molecule has 0 unspecified atom stereocenters. The van der Waals surface area contributed by atoms with Crippen molar-refractivity contribution in [3.05, 3.63) is 42.0 Å². The molecule has 2 amide bonds. The summed E-state index contributed by atoms with van der Waals surface area (Å²) in [5, 5.41) is 0.844. The van der Waals surface area contributed by atoms with Crippen LogP contribution in [0.4, 0.5) is 0 Å². The van der Waals surface area contributed by atoms with Crippen LogP contribution in [-0.4, -0.2) is 35.5 Å². The van der Waals surface area contributed by atoms with Gasteiger partial charge in [0.15, 0.2) is 0 Å². The molecule has 1 radical (unpaired) electrons. The van der Waals surface area contributed by atoms with Crippen LogP contribution in [0.2, 0.25) is 0 Å². The van der Waals surface area contributed by atoms with Crippen LogP contribution in [-0.2, 0) is 14.4 Å². The fourth-order valence-electron chi connectivity index (χ4n) is 1.24. The maximum atomic E-state index is 11.8. The lowest BCUT2D eigenvalue weighted by atomic mass is 10.2. The summed E-state index contributed by atoms with van der Waals surface area (Å²) in [5.74, 6) is -1.41. The maximum Gasteiger partial charge on any atom is 0.265 e. The number of halogens is 1. The van der Waals surface area contributed by atoms with E-state index in [2.05, 4.69) is 5.43 Å². The van der Waals surface area contributed by atoms with Gasteiger partial charge in [0.25, 0.3) is 11.8 Å². The smallest absolute Gasteiger partial charge is 0.265 e. The van der Waals surface area contributed by atoms with E-state index < -0.39 is 11.8 Å². The van der Waals surface area contributed by atoms with Gasteiger partial charge in [0, 0.05) is 6.08 Å². The molecule has 0 heterocycles. The van der Waals surface area contributed by atoms with Crippen LogP contribution in [0.3, 0.4) is 0 Å². The van der Waals surface area contributed by atoms with Gasteiger partial charge in [0.1, 0.15) is 12.4 Å². The summed E-state index contributed by atoms with van der Waals surface area (Å²) < 4.78 is 0. The van der Waals surface area contributed by atoms with Crippen molar-refractivity contribution in [1.82, 2.24) is 10.4 Å². The number of nitrogens with zero attached hydrogens (tertiary/aromatic N) is 1. The van der Waals surface area contributed by atoms with E-state index in [0.717, 1.165) is 10.6 Å². The number of alkyl halides is 1. The van der Waals surface area contributed by atoms with E-state index in [-0.39, 0.29) is 12.4 Å². The lowest BCUT2D eigenvalue weighted by Gasteiger charge is -2.18. The molecule has 0 aliphatic heterocycles. The SMILES string of the molecule is O=[C]CN(NC(=O)CCl)C(=O)C=Cc1ccccc1. The second kappa shape index (κ2) is 8.05. The van der Waals surface area contributed by atoms with E-state index in [1.165, 1.54) is 12.4 Å². The largest absolute Gasteiger partial charge is 0.289 e. The zero-order valence-electron chi connectivity index (χ0n) is 10.0. The Morgan fingerprint density at radius 2 is 2.00 bits per heavy atom. The first-order valence-corrected chi connectivity index (χ1v) is 5.96. The Morgan fingerprint density at radius 1 is 1.32 bits per heavy atom. The minimum absolute atomic E-state index is 0.301. The topological polar surface area (TPSA) is 66.5 Å². The van der Waals surface area contributed by atoms with Crippen molar-refractivity contribution >= 4 is 35.8 Å². The molecule has 0 atom stereocenters. The number of benzene rings is 1. The molecule has 0 aliphatic carbocycles. The third-order valence-corrected chi connectivity index (χ3v) is 2.33. The zero-order chi connectivity index (χ0) is 14.1. The van der Waals surface area contributed by atoms with Gasteiger partial charge in [-0.15, -0.1) is 11.6 Å². The van der Waals surface area contributed by atoms with Gasteiger partial charge >= 0.3 is 0 Å². The van der Waals surface area contributed by atoms with Crippen molar-refractivity contribution in [2.45, 2.75) is 0 Å². The van der Waals surface area contributed by atoms with E-state index in [0.29, 0.717) is 0 Å². The molecule has 0 saturated heterocycles. The van der Waals surface area contributed by atoms with Gasteiger partial charge in [-0.3, -0.25) is 19.8 Å². The number of carbonyl (C=O) groups excluding carboxylic acids is 3. The molecule has 0 spiro atoms. The van der Waals surface area contributed by atoms with Crippen molar-refractivity contribution in [3.63, 3.8) is 0 Å². The number of hydrazine groups is 1. The first-order chi connectivity index (χ1) is 9.17. The van der Waals surface area contributed by atoms with Gasteiger partial charge in [-0.25, -0.2) is 5.01 Å². The average Bonchev–Trinajstić information content (AvgIpc) is 2.45. The number of nitrogens with one attached hydrogen (secondary N) is 1. The fraction of sp³-hybridized carbons (Fsp3) is 0.154. The van der Waals surface area contributed by atoms with Gasteiger partial charge in [0.2, 0.25) is 6.29 Å². The Bertz CT molecular complexity index is 474. The minimum atomic E-state index is -0.571. The molecule has 0 aliphatic rings. The summed E-state index contributed by atoms with van der Waals surface area (Å²) in [6, 6.07) is 9.15. The molecule has 0 saturated carbocycles. The number of rotatable bonds is 5. The molecule has 0 bridgehead atoms.